The van der Waals surface area contributed by atoms with Gasteiger partial charge in [-0.1, -0.05) is 0 Å². The standard InChI is InChI=1S/C12H16N2O4/c1-13-12(16)10-3-2-9(18-10)6-14-11(15)8-4-5-17-7-8/h2-3,8H,4-7H2,1H3,(H,13,16)(H,14,15). The van der Waals surface area contributed by atoms with Crippen molar-refractivity contribution in [2.75, 3.05) is 20.3 Å². The molecule has 0 saturated carbocycles. The highest BCUT2D eigenvalue weighted by molar-refractivity contribution is 5.91. The second-order valence-corrected chi connectivity index (χ2v) is 4.12. The summed E-state index contributed by atoms with van der Waals surface area (Å²) >= 11 is 0. The number of rotatable bonds is 4. The van der Waals surface area contributed by atoms with Crippen LogP contribution in [0.4, 0.5) is 0 Å². The van der Waals surface area contributed by atoms with E-state index >= 15 is 0 Å². The number of carbonyl (C=O) groups is 2. The third-order valence-electron chi connectivity index (χ3n) is 2.85. The van der Waals surface area contributed by atoms with E-state index in [9.17, 15) is 9.59 Å². The Balaban J connectivity index is 1.84. The summed E-state index contributed by atoms with van der Waals surface area (Å²) in [6.07, 6.45) is 0.757. The number of furan rings is 1. The Bertz CT molecular complexity index is 435. The number of hydrogen-bond acceptors (Lipinski definition) is 4. The summed E-state index contributed by atoms with van der Waals surface area (Å²) in [6, 6.07) is 3.26. The SMILES string of the molecule is CNC(=O)c1ccc(CNC(=O)C2CCOC2)o1. The maximum absolute atomic E-state index is 11.7. The largest absolute Gasteiger partial charge is 0.454 e. The molecule has 1 aliphatic rings. The van der Waals surface area contributed by atoms with Crippen molar-refractivity contribution in [1.82, 2.24) is 10.6 Å². The monoisotopic (exact) mass is 252 g/mol. The third kappa shape index (κ3) is 2.89. The summed E-state index contributed by atoms with van der Waals surface area (Å²) in [5.74, 6) is 0.410. The van der Waals surface area contributed by atoms with E-state index in [0.717, 1.165) is 6.42 Å². The molecule has 0 aromatic carbocycles. The molecule has 6 heteroatoms. The minimum atomic E-state index is -0.281. The lowest BCUT2D eigenvalue weighted by Gasteiger charge is -2.07. The van der Waals surface area contributed by atoms with Crippen LogP contribution in [-0.2, 0) is 16.1 Å². The Labute approximate surface area is 105 Å². The first-order valence-corrected chi connectivity index (χ1v) is 5.87. The van der Waals surface area contributed by atoms with Crippen LogP contribution in [0, 0.1) is 5.92 Å². The molecule has 1 atom stereocenters. The van der Waals surface area contributed by atoms with Crippen molar-refractivity contribution in [3.8, 4) is 0 Å². The molecule has 98 valence electrons. The van der Waals surface area contributed by atoms with Crippen molar-refractivity contribution in [2.45, 2.75) is 13.0 Å². The summed E-state index contributed by atoms with van der Waals surface area (Å²) in [5, 5.41) is 5.23. The van der Waals surface area contributed by atoms with Gasteiger partial charge in [-0.25, -0.2) is 0 Å². The summed E-state index contributed by atoms with van der Waals surface area (Å²) in [4.78, 5) is 23.0. The fourth-order valence-electron chi connectivity index (χ4n) is 1.78. The number of nitrogens with one attached hydrogen (secondary N) is 2. The fourth-order valence-corrected chi connectivity index (χ4v) is 1.78. The molecule has 1 unspecified atom stereocenters. The Morgan fingerprint density at radius 1 is 1.44 bits per heavy atom. The average Bonchev–Trinajstić information content (AvgIpc) is 3.05. The highest BCUT2D eigenvalue weighted by Gasteiger charge is 2.23. The topological polar surface area (TPSA) is 80.6 Å². The molecule has 2 heterocycles. The molecule has 2 N–H and O–H groups in total. The fraction of sp³-hybridized carbons (Fsp3) is 0.500. The lowest BCUT2D eigenvalue weighted by molar-refractivity contribution is -0.125. The van der Waals surface area contributed by atoms with Gasteiger partial charge in [-0.2, -0.15) is 0 Å². The van der Waals surface area contributed by atoms with Crippen molar-refractivity contribution in [3.05, 3.63) is 23.7 Å². The van der Waals surface area contributed by atoms with Crippen LogP contribution in [0.2, 0.25) is 0 Å². The minimum absolute atomic E-state index is 0.0367. The molecular formula is C12H16N2O4. The Morgan fingerprint density at radius 3 is 2.94 bits per heavy atom. The van der Waals surface area contributed by atoms with Crippen LogP contribution in [0.5, 0.6) is 0 Å². The number of ether oxygens (including phenoxy) is 1. The lowest BCUT2D eigenvalue weighted by Crippen LogP contribution is -2.30. The smallest absolute Gasteiger partial charge is 0.286 e. The van der Waals surface area contributed by atoms with E-state index in [1.807, 2.05) is 0 Å². The van der Waals surface area contributed by atoms with Crippen molar-refractivity contribution in [1.29, 1.82) is 0 Å². The van der Waals surface area contributed by atoms with Crippen LogP contribution in [0.1, 0.15) is 22.7 Å². The zero-order chi connectivity index (χ0) is 13.0. The third-order valence-corrected chi connectivity index (χ3v) is 2.85. The Kier molecular flexibility index (Phi) is 3.99. The first-order valence-electron chi connectivity index (χ1n) is 5.87. The van der Waals surface area contributed by atoms with Crippen molar-refractivity contribution >= 4 is 11.8 Å². The molecule has 1 aliphatic heterocycles. The summed E-state index contributed by atoms with van der Waals surface area (Å²) in [6.45, 7) is 1.40. The molecule has 1 fully saturated rings. The van der Waals surface area contributed by atoms with E-state index < -0.39 is 0 Å². The van der Waals surface area contributed by atoms with Gasteiger partial charge in [-0.05, 0) is 18.6 Å². The van der Waals surface area contributed by atoms with Gasteiger partial charge in [0.15, 0.2) is 5.76 Å². The predicted octanol–water partition coefficient (Wildman–Crippen LogP) is 0.292. The molecule has 2 rings (SSSR count). The predicted molar refractivity (Wildman–Crippen MR) is 62.9 cm³/mol. The average molecular weight is 252 g/mol. The van der Waals surface area contributed by atoms with Crippen LogP contribution in [0.25, 0.3) is 0 Å². The maximum atomic E-state index is 11.7. The molecule has 2 amide bonds. The Morgan fingerprint density at radius 2 is 2.28 bits per heavy atom. The van der Waals surface area contributed by atoms with E-state index in [0.29, 0.717) is 19.0 Å². The van der Waals surface area contributed by atoms with E-state index in [1.165, 1.54) is 7.05 Å². The number of hydrogen-bond donors (Lipinski definition) is 2. The van der Waals surface area contributed by atoms with Gasteiger partial charge in [-0.15, -0.1) is 0 Å². The second kappa shape index (κ2) is 5.68. The number of amides is 2. The van der Waals surface area contributed by atoms with Gasteiger partial charge >= 0.3 is 0 Å². The van der Waals surface area contributed by atoms with Gasteiger partial charge < -0.3 is 19.8 Å². The van der Waals surface area contributed by atoms with Crippen molar-refractivity contribution in [3.63, 3.8) is 0 Å². The minimum Gasteiger partial charge on any atom is -0.454 e. The van der Waals surface area contributed by atoms with Crippen molar-refractivity contribution in [2.24, 2.45) is 5.92 Å². The molecule has 0 aliphatic carbocycles. The molecule has 6 nitrogen and oxygen atoms in total. The van der Waals surface area contributed by atoms with Gasteiger partial charge in [0.2, 0.25) is 5.91 Å². The van der Waals surface area contributed by atoms with E-state index in [4.69, 9.17) is 9.15 Å². The first kappa shape index (κ1) is 12.6. The summed E-state index contributed by atoms with van der Waals surface area (Å²) in [5.41, 5.74) is 0. The Hall–Kier alpha value is -1.82. The zero-order valence-corrected chi connectivity index (χ0v) is 10.2. The van der Waals surface area contributed by atoms with Crippen LogP contribution in [0.3, 0.4) is 0 Å². The normalized spacial score (nSPS) is 18.6. The van der Waals surface area contributed by atoms with Gasteiger partial charge in [-0.3, -0.25) is 9.59 Å². The van der Waals surface area contributed by atoms with Crippen LogP contribution in [-0.4, -0.2) is 32.1 Å². The van der Waals surface area contributed by atoms with Gasteiger partial charge in [0, 0.05) is 13.7 Å². The molecule has 0 bridgehead atoms. The van der Waals surface area contributed by atoms with Crippen LogP contribution < -0.4 is 10.6 Å². The van der Waals surface area contributed by atoms with E-state index in [2.05, 4.69) is 10.6 Å². The molecule has 1 aromatic heterocycles. The highest BCUT2D eigenvalue weighted by Crippen LogP contribution is 2.13. The van der Waals surface area contributed by atoms with E-state index in [-0.39, 0.29) is 30.0 Å². The van der Waals surface area contributed by atoms with Gasteiger partial charge in [0.1, 0.15) is 5.76 Å². The van der Waals surface area contributed by atoms with Crippen LogP contribution in [0.15, 0.2) is 16.5 Å². The molecular weight excluding hydrogens is 236 g/mol. The summed E-state index contributed by atoms with van der Waals surface area (Å²) < 4.78 is 10.4. The molecule has 1 saturated heterocycles. The highest BCUT2D eigenvalue weighted by atomic mass is 16.5. The van der Waals surface area contributed by atoms with Crippen molar-refractivity contribution < 1.29 is 18.7 Å². The quantitative estimate of drug-likeness (QED) is 0.807. The summed E-state index contributed by atoms with van der Waals surface area (Å²) in [7, 11) is 1.53. The van der Waals surface area contributed by atoms with Gasteiger partial charge in [0.25, 0.3) is 5.91 Å². The van der Waals surface area contributed by atoms with E-state index in [1.54, 1.807) is 12.1 Å². The number of carbonyl (C=O) groups excluding carboxylic acids is 2. The first-order chi connectivity index (χ1) is 8.70. The maximum Gasteiger partial charge on any atom is 0.286 e. The molecule has 1 aromatic rings. The second-order valence-electron chi connectivity index (χ2n) is 4.12. The molecule has 0 radical (unpaired) electrons. The van der Waals surface area contributed by atoms with Gasteiger partial charge in [0.05, 0.1) is 19.1 Å². The zero-order valence-electron chi connectivity index (χ0n) is 10.2. The molecule has 0 spiro atoms. The van der Waals surface area contributed by atoms with Crippen LogP contribution >= 0.6 is 0 Å². The lowest BCUT2D eigenvalue weighted by atomic mass is 10.1. The molecule has 18 heavy (non-hydrogen) atoms.